The predicted octanol–water partition coefficient (Wildman–Crippen LogP) is 2.79. The van der Waals surface area contributed by atoms with Gasteiger partial charge in [0.05, 0.1) is 12.0 Å². The molecule has 25 heavy (non-hydrogen) atoms. The van der Waals surface area contributed by atoms with Gasteiger partial charge in [-0.3, -0.25) is 9.63 Å². The number of hydrogen-bond acceptors (Lipinski definition) is 4. The maximum atomic E-state index is 12.6. The summed E-state index contributed by atoms with van der Waals surface area (Å²) in [5.74, 6) is -0.308. The molecule has 0 bridgehead atoms. The highest BCUT2D eigenvalue weighted by Gasteiger charge is 2.22. The van der Waals surface area contributed by atoms with Gasteiger partial charge in [0.1, 0.15) is 0 Å². The van der Waals surface area contributed by atoms with Crippen molar-refractivity contribution in [2.24, 2.45) is 0 Å². The first-order chi connectivity index (χ1) is 11.8. The van der Waals surface area contributed by atoms with Gasteiger partial charge in [0.15, 0.2) is 0 Å². The Kier molecular flexibility index (Phi) is 6.18. The topological polar surface area (TPSA) is 66.9 Å². The van der Waals surface area contributed by atoms with E-state index < -0.39 is 10.0 Å². The van der Waals surface area contributed by atoms with Crippen LogP contribution in [-0.2, 0) is 21.4 Å². The highest BCUT2D eigenvalue weighted by molar-refractivity contribution is 7.89. The Hall–Kier alpha value is -1.93. The molecule has 0 radical (unpaired) electrons. The second-order valence-corrected chi connectivity index (χ2v) is 7.72. The van der Waals surface area contributed by atoms with Crippen LogP contribution in [0.5, 0.6) is 0 Å². The molecule has 0 spiro atoms. The summed E-state index contributed by atoms with van der Waals surface area (Å²) >= 11 is 6.12. The minimum absolute atomic E-state index is 0.0196. The van der Waals surface area contributed by atoms with Gasteiger partial charge >= 0.3 is 0 Å². The summed E-state index contributed by atoms with van der Waals surface area (Å²) in [5, 5.41) is 0.570. The number of sulfonamides is 1. The molecule has 0 aliphatic carbocycles. The Morgan fingerprint density at radius 3 is 2.44 bits per heavy atom. The molecule has 0 N–H and O–H groups in total. The minimum atomic E-state index is -3.82. The first-order valence-electron chi connectivity index (χ1n) is 7.39. The lowest BCUT2D eigenvalue weighted by Crippen LogP contribution is -2.28. The van der Waals surface area contributed by atoms with E-state index in [0.29, 0.717) is 11.6 Å². The van der Waals surface area contributed by atoms with Crippen molar-refractivity contribution in [1.82, 2.24) is 9.37 Å². The van der Waals surface area contributed by atoms with E-state index in [2.05, 4.69) is 0 Å². The monoisotopic (exact) mass is 382 g/mol. The molecule has 0 saturated heterocycles. The van der Waals surface area contributed by atoms with Gasteiger partial charge in [0.25, 0.3) is 15.9 Å². The summed E-state index contributed by atoms with van der Waals surface area (Å²) in [4.78, 5) is 18.8. The van der Waals surface area contributed by atoms with E-state index in [9.17, 15) is 13.2 Å². The Morgan fingerprint density at radius 2 is 1.80 bits per heavy atom. The zero-order valence-corrected chi connectivity index (χ0v) is 15.7. The van der Waals surface area contributed by atoms with Crippen LogP contribution in [0, 0.1) is 0 Å². The second kappa shape index (κ2) is 7.97. The number of hydrogen-bond donors (Lipinski definition) is 0. The summed E-state index contributed by atoms with van der Waals surface area (Å²) in [6.07, 6.45) is 0. The smallest absolute Gasteiger partial charge is 0.264 e. The molecule has 8 heteroatoms. The maximum Gasteiger partial charge on any atom is 0.264 e. The summed E-state index contributed by atoms with van der Waals surface area (Å²) in [6.45, 7) is 0.313. The van der Waals surface area contributed by atoms with Gasteiger partial charge in [-0.1, -0.05) is 40.3 Å². The van der Waals surface area contributed by atoms with Crippen LogP contribution >= 0.6 is 11.6 Å². The molecule has 134 valence electrons. The molecule has 0 aliphatic heterocycles. The van der Waals surface area contributed by atoms with Crippen LogP contribution in [0.4, 0.5) is 0 Å². The molecule has 0 atom stereocenters. The third-order valence-electron chi connectivity index (χ3n) is 3.69. The van der Waals surface area contributed by atoms with Crippen LogP contribution < -0.4 is 0 Å². The SMILES string of the molecule is CON(C)S(=O)(=O)c1cccc(C(=O)N(C)Cc2ccccc2Cl)c1. The van der Waals surface area contributed by atoms with Crippen LogP contribution in [-0.4, -0.2) is 44.9 Å². The minimum Gasteiger partial charge on any atom is -0.337 e. The molecule has 1 amide bonds. The van der Waals surface area contributed by atoms with Crippen molar-refractivity contribution >= 4 is 27.5 Å². The average Bonchev–Trinajstić information content (AvgIpc) is 2.62. The van der Waals surface area contributed by atoms with Crippen molar-refractivity contribution in [3.05, 3.63) is 64.7 Å². The molecular weight excluding hydrogens is 364 g/mol. The van der Waals surface area contributed by atoms with E-state index in [1.54, 1.807) is 19.2 Å². The molecule has 2 aromatic rings. The van der Waals surface area contributed by atoms with E-state index in [1.807, 2.05) is 18.2 Å². The summed E-state index contributed by atoms with van der Waals surface area (Å²) in [6, 6.07) is 13.1. The average molecular weight is 383 g/mol. The Balaban J connectivity index is 2.25. The molecular formula is C17H19ClN2O4S. The highest BCUT2D eigenvalue weighted by atomic mass is 35.5. The fourth-order valence-electron chi connectivity index (χ4n) is 2.21. The number of rotatable bonds is 6. The first kappa shape index (κ1) is 19.4. The van der Waals surface area contributed by atoms with E-state index in [4.69, 9.17) is 16.4 Å². The number of amides is 1. The van der Waals surface area contributed by atoms with Crippen molar-refractivity contribution in [2.75, 3.05) is 21.2 Å². The normalized spacial score (nSPS) is 11.6. The molecule has 6 nitrogen and oxygen atoms in total. The number of benzene rings is 2. The summed E-state index contributed by atoms with van der Waals surface area (Å²) in [7, 11) is 0.355. The Morgan fingerprint density at radius 1 is 1.12 bits per heavy atom. The zero-order chi connectivity index (χ0) is 18.6. The highest BCUT2D eigenvalue weighted by Crippen LogP contribution is 2.20. The molecule has 0 unspecified atom stereocenters. The zero-order valence-electron chi connectivity index (χ0n) is 14.1. The summed E-state index contributed by atoms with van der Waals surface area (Å²) in [5.41, 5.74) is 1.07. The van der Waals surface area contributed by atoms with E-state index in [1.165, 1.54) is 37.3 Å². The lowest BCUT2D eigenvalue weighted by atomic mass is 10.1. The van der Waals surface area contributed by atoms with E-state index in [-0.39, 0.29) is 16.4 Å². The van der Waals surface area contributed by atoms with Crippen LogP contribution in [0.1, 0.15) is 15.9 Å². The number of carbonyl (C=O) groups excluding carboxylic acids is 1. The standard InChI is InChI=1S/C17H19ClN2O4S/c1-19(12-14-7-4-5-10-16(14)18)17(21)13-8-6-9-15(11-13)25(22,23)20(2)24-3/h4-11H,12H2,1-3H3. The van der Waals surface area contributed by atoms with Crippen LogP contribution in [0.25, 0.3) is 0 Å². The van der Waals surface area contributed by atoms with Crippen molar-refractivity contribution < 1.29 is 18.0 Å². The van der Waals surface area contributed by atoms with E-state index in [0.717, 1.165) is 10.0 Å². The van der Waals surface area contributed by atoms with Gasteiger partial charge in [0.2, 0.25) is 0 Å². The van der Waals surface area contributed by atoms with Gasteiger partial charge in [0, 0.05) is 31.2 Å². The summed E-state index contributed by atoms with van der Waals surface area (Å²) < 4.78 is 25.3. The van der Waals surface area contributed by atoms with Gasteiger partial charge in [-0.05, 0) is 29.8 Å². The molecule has 0 aliphatic rings. The van der Waals surface area contributed by atoms with Gasteiger partial charge in [-0.15, -0.1) is 0 Å². The third kappa shape index (κ3) is 4.38. The first-order valence-corrected chi connectivity index (χ1v) is 9.21. The van der Waals surface area contributed by atoms with Gasteiger partial charge in [-0.2, -0.15) is 0 Å². The Bertz CT molecular complexity index is 870. The maximum absolute atomic E-state index is 12.6. The van der Waals surface area contributed by atoms with Crippen LogP contribution in [0.15, 0.2) is 53.4 Å². The lowest BCUT2D eigenvalue weighted by Gasteiger charge is -2.19. The van der Waals surface area contributed by atoms with Gasteiger partial charge in [-0.25, -0.2) is 8.42 Å². The van der Waals surface area contributed by atoms with E-state index >= 15 is 0 Å². The molecule has 0 aromatic heterocycles. The van der Waals surface area contributed by atoms with Crippen molar-refractivity contribution in [3.63, 3.8) is 0 Å². The van der Waals surface area contributed by atoms with Crippen LogP contribution in [0.2, 0.25) is 5.02 Å². The molecule has 0 fully saturated rings. The lowest BCUT2D eigenvalue weighted by molar-refractivity contribution is -0.0258. The number of nitrogens with zero attached hydrogens (tertiary/aromatic N) is 2. The van der Waals surface area contributed by atoms with Gasteiger partial charge < -0.3 is 4.90 Å². The fraction of sp³-hybridized carbons (Fsp3) is 0.235. The quantitative estimate of drug-likeness (QED) is 0.720. The van der Waals surface area contributed by atoms with Crippen molar-refractivity contribution in [1.29, 1.82) is 0 Å². The second-order valence-electron chi connectivity index (χ2n) is 5.38. The number of carbonyl (C=O) groups is 1. The molecule has 2 rings (SSSR count). The Labute approximate surface area is 152 Å². The number of halogens is 1. The third-order valence-corrected chi connectivity index (χ3v) is 5.73. The number of hydroxylamine groups is 1. The van der Waals surface area contributed by atoms with Crippen molar-refractivity contribution in [2.45, 2.75) is 11.4 Å². The fourth-order valence-corrected chi connectivity index (χ4v) is 3.43. The van der Waals surface area contributed by atoms with Crippen molar-refractivity contribution in [3.8, 4) is 0 Å². The molecule has 0 saturated carbocycles. The molecule has 2 aromatic carbocycles. The van der Waals surface area contributed by atoms with Crippen LogP contribution in [0.3, 0.4) is 0 Å². The predicted molar refractivity (Wildman–Crippen MR) is 95.6 cm³/mol. The molecule has 0 heterocycles. The largest absolute Gasteiger partial charge is 0.337 e.